The highest BCUT2D eigenvalue weighted by atomic mass is 35.5. The van der Waals surface area contributed by atoms with Gasteiger partial charge in [0.25, 0.3) is 0 Å². The van der Waals surface area contributed by atoms with Gasteiger partial charge in [0.15, 0.2) is 0 Å². The summed E-state index contributed by atoms with van der Waals surface area (Å²) in [5.41, 5.74) is -0.937. The molecule has 0 saturated heterocycles. The summed E-state index contributed by atoms with van der Waals surface area (Å²) >= 11 is 5.91. The SMILES string of the molecule is CCC(C)(CO)NS(=O)(=O)c1cc(C(=O)OC)ccc1Cl. The second-order valence-electron chi connectivity index (χ2n) is 4.81. The summed E-state index contributed by atoms with van der Waals surface area (Å²) in [5, 5.41) is 9.29. The molecule has 0 spiro atoms. The van der Waals surface area contributed by atoms with E-state index in [9.17, 15) is 18.3 Å². The predicted octanol–water partition coefficient (Wildman–Crippen LogP) is 1.57. The van der Waals surface area contributed by atoms with Crippen molar-refractivity contribution in [3.63, 3.8) is 0 Å². The van der Waals surface area contributed by atoms with Crippen molar-refractivity contribution in [1.29, 1.82) is 0 Å². The van der Waals surface area contributed by atoms with Crippen molar-refractivity contribution in [2.24, 2.45) is 0 Å². The summed E-state index contributed by atoms with van der Waals surface area (Å²) in [5.74, 6) is -0.663. The number of nitrogens with one attached hydrogen (secondary N) is 1. The largest absolute Gasteiger partial charge is 0.465 e. The normalized spacial score (nSPS) is 14.5. The van der Waals surface area contributed by atoms with Crippen LogP contribution in [0.2, 0.25) is 5.02 Å². The van der Waals surface area contributed by atoms with Gasteiger partial charge in [-0.1, -0.05) is 18.5 Å². The highest BCUT2D eigenvalue weighted by molar-refractivity contribution is 7.89. The van der Waals surface area contributed by atoms with Crippen LogP contribution in [0.5, 0.6) is 0 Å². The monoisotopic (exact) mass is 335 g/mol. The molecule has 0 heterocycles. The molecular weight excluding hydrogens is 318 g/mol. The highest BCUT2D eigenvalue weighted by Gasteiger charge is 2.30. The number of aliphatic hydroxyl groups excluding tert-OH is 1. The Balaban J connectivity index is 3.28. The van der Waals surface area contributed by atoms with Crippen LogP contribution in [-0.4, -0.2) is 38.7 Å². The molecule has 0 saturated carbocycles. The molecule has 8 heteroatoms. The fourth-order valence-corrected chi connectivity index (χ4v) is 3.55. The van der Waals surface area contributed by atoms with E-state index in [1.165, 1.54) is 19.2 Å². The molecule has 0 aromatic heterocycles. The molecule has 1 atom stereocenters. The van der Waals surface area contributed by atoms with Gasteiger partial charge in [-0.3, -0.25) is 0 Å². The summed E-state index contributed by atoms with van der Waals surface area (Å²) in [6.45, 7) is 2.95. The van der Waals surface area contributed by atoms with Crippen molar-refractivity contribution in [2.75, 3.05) is 13.7 Å². The summed E-state index contributed by atoms with van der Waals surface area (Å²) in [4.78, 5) is 11.2. The summed E-state index contributed by atoms with van der Waals surface area (Å²) < 4.78 is 31.7. The van der Waals surface area contributed by atoms with Crippen LogP contribution >= 0.6 is 11.6 Å². The van der Waals surface area contributed by atoms with Crippen molar-refractivity contribution >= 4 is 27.6 Å². The number of methoxy groups -OCH3 is 1. The second-order valence-corrected chi connectivity index (χ2v) is 6.87. The smallest absolute Gasteiger partial charge is 0.337 e. The summed E-state index contributed by atoms with van der Waals surface area (Å²) in [6, 6.07) is 3.83. The van der Waals surface area contributed by atoms with E-state index in [1.807, 2.05) is 0 Å². The second kappa shape index (κ2) is 6.74. The molecule has 21 heavy (non-hydrogen) atoms. The third kappa shape index (κ3) is 4.16. The van der Waals surface area contributed by atoms with E-state index in [0.717, 1.165) is 6.07 Å². The van der Waals surface area contributed by atoms with E-state index in [0.29, 0.717) is 6.42 Å². The standard InChI is InChI=1S/C13H18ClNO5S/c1-4-13(2,8-16)15-21(18,19)11-7-9(12(17)20-3)5-6-10(11)14/h5-7,15-16H,4,8H2,1-3H3. The van der Waals surface area contributed by atoms with E-state index >= 15 is 0 Å². The quantitative estimate of drug-likeness (QED) is 0.770. The Morgan fingerprint density at radius 2 is 2.10 bits per heavy atom. The maximum absolute atomic E-state index is 12.4. The molecule has 2 N–H and O–H groups in total. The van der Waals surface area contributed by atoms with Crippen molar-refractivity contribution < 1.29 is 23.1 Å². The predicted molar refractivity (Wildman–Crippen MR) is 78.9 cm³/mol. The molecule has 1 unspecified atom stereocenters. The Kier molecular flexibility index (Phi) is 5.75. The van der Waals surface area contributed by atoms with Gasteiger partial charge in [0.1, 0.15) is 4.90 Å². The number of esters is 1. The Morgan fingerprint density at radius 3 is 2.57 bits per heavy atom. The van der Waals surface area contributed by atoms with Crippen molar-refractivity contribution in [2.45, 2.75) is 30.7 Å². The lowest BCUT2D eigenvalue weighted by Crippen LogP contribution is -2.48. The minimum absolute atomic E-state index is 0.0217. The van der Waals surface area contributed by atoms with Crippen LogP contribution in [0.4, 0.5) is 0 Å². The average Bonchev–Trinajstić information content (AvgIpc) is 2.46. The molecular formula is C13H18ClNO5S. The lowest BCUT2D eigenvalue weighted by atomic mass is 10.0. The minimum atomic E-state index is -3.99. The van der Waals surface area contributed by atoms with Crippen molar-refractivity contribution in [3.05, 3.63) is 28.8 Å². The van der Waals surface area contributed by atoms with Crippen LogP contribution in [-0.2, 0) is 14.8 Å². The van der Waals surface area contributed by atoms with Gasteiger partial charge in [0.2, 0.25) is 10.0 Å². The van der Waals surface area contributed by atoms with Gasteiger partial charge in [-0.2, -0.15) is 0 Å². The van der Waals surface area contributed by atoms with Crippen LogP contribution in [0.1, 0.15) is 30.6 Å². The maximum atomic E-state index is 12.4. The van der Waals surface area contributed by atoms with Crippen LogP contribution in [0.25, 0.3) is 0 Å². The van der Waals surface area contributed by atoms with Gasteiger partial charge >= 0.3 is 5.97 Å². The molecule has 0 amide bonds. The fourth-order valence-electron chi connectivity index (χ4n) is 1.55. The first-order valence-electron chi connectivity index (χ1n) is 6.22. The molecule has 1 rings (SSSR count). The zero-order valence-corrected chi connectivity index (χ0v) is 13.6. The molecule has 0 fully saturated rings. The van der Waals surface area contributed by atoms with Crippen molar-refractivity contribution in [3.8, 4) is 0 Å². The van der Waals surface area contributed by atoms with E-state index in [2.05, 4.69) is 9.46 Å². The minimum Gasteiger partial charge on any atom is -0.465 e. The molecule has 0 aliphatic rings. The number of hydrogen-bond acceptors (Lipinski definition) is 5. The van der Waals surface area contributed by atoms with Gasteiger partial charge in [-0.25, -0.2) is 17.9 Å². The fraction of sp³-hybridized carbons (Fsp3) is 0.462. The number of halogens is 1. The maximum Gasteiger partial charge on any atom is 0.337 e. The number of benzene rings is 1. The van der Waals surface area contributed by atoms with Crippen LogP contribution in [0.15, 0.2) is 23.1 Å². The lowest BCUT2D eigenvalue weighted by molar-refractivity contribution is 0.0600. The highest BCUT2D eigenvalue weighted by Crippen LogP contribution is 2.25. The Hall–Kier alpha value is -1.15. The summed E-state index contributed by atoms with van der Waals surface area (Å²) in [6.07, 6.45) is 0.386. The number of carbonyl (C=O) groups excluding carboxylic acids is 1. The molecule has 118 valence electrons. The lowest BCUT2D eigenvalue weighted by Gasteiger charge is -2.27. The van der Waals surface area contributed by atoms with Crippen LogP contribution in [0.3, 0.4) is 0 Å². The molecule has 1 aromatic carbocycles. The number of rotatable bonds is 6. The van der Waals surface area contributed by atoms with E-state index in [4.69, 9.17) is 11.6 Å². The zero-order chi connectivity index (χ0) is 16.3. The number of sulfonamides is 1. The van der Waals surface area contributed by atoms with Crippen LogP contribution in [0, 0.1) is 0 Å². The van der Waals surface area contributed by atoms with E-state index in [1.54, 1.807) is 13.8 Å². The number of carbonyl (C=O) groups is 1. The molecule has 0 aliphatic carbocycles. The van der Waals surface area contributed by atoms with Crippen LogP contribution < -0.4 is 4.72 Å². The van der Waals surface area contributed by atoms with E-state index < -0.39 is 21.5 Å². The van der Waals surface area contributed by atoms with Gasteiger partial charge in [-0.05, 0) is 31.5 Å². The Labute approximate surface area is 129 Å². The first-order valence-corrected chi connectivity index (χ1v) is 8.08. The summed E-state index contributed by atoms with van der Waals surface area (Å²) in [7, 11) is -2.79. The third-order valence-corrected chi connectivity index (χ3v) is 5.27. The number of hydrogen-bond donors (Lipinski definition) is 2. The zero-order valence-electron chi connectivity index (χ0n) is 12.0. The molecule has 0 aliphatic heterocycles. The van der Waals surface area contributed by atoms with Gasteiger partial charge in [-0.15, -0.1) is 0 Å². The first kappa shape index (κ1) is 17.9. The molecule has 1 aromatic rings. The molecule has 0 bridgehead atoms. The van der Waals surface area contributed by atoms with Gasteiger partial charge < -0.3 is 9.84 Å². The van der Waals surface area contributed by atoms with Gasteiger partial charge in [0.05, 0.1) is 29.8 Å². The first-order chi connectivity index (χ1) is 9.69. The average molecular weight is 336 g/mol. The molecule has 0 radical (unpaired) electrons. The topological polar surface area (TPSA) is 92.7 Å². The Bertz CT molecular complexity index is 625. The number of ether oxygens (including phenoxy) is 1. The van der Waals surface area contributed by atoms with E-state index in [-0.39, 0.29) is 22.1 Å². The molecule has 6 nitrogen and oxygen atoms in total. The Morgan fingerprint density at radius 1 is 1.48 bits per heavy atom. The van der Waals surface area contributed by atoms with Crippen molar-refractivity contribution in [1.82, 2.24) is 4.72 Å². The van der Waals surface area contributed by atoms with Gasteiger partial charge in [0, 0.05) is 0 Å². The third-order valence-electron chi connectivity index (χ3n) is 3.15. The number of aliphatic hydroxyl groups is 1.